The predicted octanol–water partition coefficient (Wildman–Crippen LogP) is 7.25. The topological polar surface area (TPSA) is 58.1 Å². The van der Waals surface area contributed by atoms with Crippen molar-refractivity contribution in [2.24, 2.45) is 0 Å². The number of rotatable bonds is 8. The van der Waals surface area contributed by atoms with Crippen molar-refractivity contribution in [3.63, 3.8) is 0 Å². The highest BCUT2D eigenvalue weighted by Gasteiger charge is 2.28. The Labute approximate surface area is 213 Å². The molecule has 8 heteroatoms. The van der Waals surface area contributed by atoms with Crippen LogP contribution in [0.2, 0.25) is 5.02 Å². The highest BCUT2D eigenvalue weighted by molar-refractivity contribution is 6.30. The average Bonchev–Trinajstić information content (AvgIpc) is 2.89. The van der Waals surface area contributed by atoms with E-state index in [0.717, 1.165) is 11.3 Å². The molecular formula is C28H25ClF2N4O. The van der Waals surface area contributed by atoms with Crippen LogP contribution in [-0.4, -0.2) is 22.9 Å². The van der Waals surface area contributed by atoms with Gasteiger partial charge in [0.2, 0.25) is 5.91 Å². The van der Waals surface area contributed by atoms with E-state index in [9.17, 15) is 13.6 Å². The third kappa shape index (κ3) is 5.86. The standard InChI is InChI=1S/C28H25ClF2N4O/c1-3-28(30,31)21-8-4-19(5-9-21)18-25(36)34-23-12-6-20(7-13-23)26-27(33-17-16-32-26)35(2)24-14-10-22(29)11-15-24/h4-17H,3,18H2,1-2H3,(H,34,36). The largest absolute Gasteiger partial charge is 0.328 e. The van der Waals surface area contributed by atoms with Crippen molar-refractivity contribution < 1.29 is 13.6 Å². The van der Waals surface area contributed by atoms with Crippen LogP contribution in [0.25, 0.3) is 11.3 Å². The van der Waals surface area contributed by atoms with Crippen LogP contribution in [0.4, 0.5) is 26.0 Å². The maximum atomic E-state index is 13.8. The fourth-order valence-electron chi connectivity index (χ4n) is 3.74. The number of carbonyl (C=O) groups excluding carboxylic acids is 1. The SMILES string of the molecule is CCC(F)(F)c1ccc(CC(=O)Nc2ccc(-c3nccnc3N(C)c3ccc(Cl)cc3)cc2)cc1. The van der Waals surface area contributed by atoms with E-state index in [1.54, 1.807) is 36.7 Å². The molecule has 0 saturated heterocycles. The lowest BCUT2D eigenvalue weighted by atomic mass is 10.0. The van der Waals surface area contributed by atoms with E-state index < -0.39 is 5.92 Å². The fourth-order valence-corrected chi connectivity index (χ4v) is 3.87. The van der Waals surface area contributed by atoms with Gasteiger partial charge in [0.15, 0.2) is 5.82 Å². The van der Waals surface area contributed by atoms with Crippen molar-refractivity contribution in [3.8, 4) is 11.3 Å². The van der Waals surface area contributed by atoms with Gasteiger partial charge in [0.05, 0.1) is 6.42 Å². The predicted molar refractivity (Wildman–Crippen MR) is 140 cm³/mol. The van der Waals surface area contributed by atoms with E-state index in [-0.39, 0.29) is 24.3 Å². The van der Waals surface area contributed by atoms with Crippen LogP contribution in [-0.2, 0) is 17.1 Å². The Balaban J connectivity index is 1.45. The minimum Gasteiger partial charge on any atom is -0.328 e. The van der Waals surface area contributed by atoms with Crippen molar-refractivity contribution in [2.75, 3.05) is 17.3 Å². The molecule has 0 aliphatic heterocycles. The highest BCUT2D eigenvalue weighted by Crippen LogP contribution is 2.32. The number of hydrogen-bond donors (Lipinski definition) is 1. The van der Waals surface area contributed by atoms with E-state index in [4.69, 9.17) is 11.6 Å². The van der Waals surface area contributed by atoms with Gasteiger partial charge in [-0.25, -0.2) is 13.8 Å². The van der Waals surface area contributed by atoms with Crippen LogP contribution < -0.4 is 10.2 Å². The molecule has 5 nitrogen and oxygen atoms in total. The Kier molecular flexibility index (Phi) is 7.60. The molecule has 1 N–H and O–H groups in total. The zero-order valence-corrected chi connectivity index (χ0v) is 20.6. The van der Waals surface area contributed by atoms with Gasteiger partial charge in [-0.05, 0) is 42.0 Å². The van der Waals surface area contributed by atoms with Gasteiger partial charge in [-0.15, -0.1) is 0 Å². The molecule has 1 amide bonds. The Morgan fingerprint density at radius 1 is 0.944 bits per heavy atom. The van der Waals surface area contributed by atoms with Crippen LogP contribution in [0, 0.1) is 0 Å². The molecule has 0 aliphatic rings. The molecule has 0 unspecified atom stereocenters. The number of benzene rings is 3. The summed E-state index contributed by atoms with van der Waals surface area (Å²) in [6.07, 6.45) is 3.08. The van der Waals surface area contributed by atoms with Gasteiger partial charge in [-0.1, -0.05) is 54.9 Å². The summed E-state index contributed by atoms with van der Waals surface area (Å²) in [6.45, 7) is 1.44. The first-order valence-corrected chi connectivity index (χ1v) is 11.8. The molecular weight excluding hydrogens is 482 g/mol. The van der Waals surface area contributed by atoms with Crippen LogP contribution in [0.3, 0.4) is 0 Å². The first-order valence-electron chi connectivity index (χ1n) is 11.4. The second-order valence-electron chi connectivity index (χ2n) is 8.32. The summed E-state index contributed by atoms with van der Waals surface area (Å²) < 4.78 is 27.6. The second-order valence-corrected chi connectivity index (χ2v) is 8.76. The van der Waals surface area contributed by atoms with Gasteiger partial charge in [-0.3, -0.25) is 9.78 Å². The number of nitrogens with one attached hydrogen (secondary N) is 1. The Bertz CT molecular complexity index is 1330. The van der Waals surface area contributed by atoms with Gasteiger partial charge >= 0.3 is 0 Å². The summed E-state index contributed by atoms with van der Waals surface area (Å²) in [5.41, 5.74) is 3.68. The number of amides is 1. The van der Waals surface area contributed by atoms with Gasteiger partial charge < -0.3 is 10.2 Å². The molecule has 1 aromatic heterocycles. The summed E-state index contributed by atoms with van der Waals surface area (Å²) >= 11 is 6.01. The smallest absolute Gasteiger partial charge is 0.273 e. The second kappa shape index (κ2) is 10.8. The van der Waals surface area contributed by atoms with Crippen LogP contribution >= 0.6 is 11.6 Å². The number of anilines is 3. The molecule has 0 fully saturated rings. The first-order chi connectivity index (χ1) is 17.3. The maximum absolute atomic E-state index is 13.8. The van der Waals surface area contributed by atoms with Crippen LogP contribution in [0.15, 0.2) is 85.2 Å². The maximum Gasteiger partial charge on any atom is 0.273 e. The molecule has 0 aliphatic carbocycles. The average molecular weight is 507 g/mol. The molecule has 184 valence electrons. The van der Waals surface area contributed by atoms with Crippen molar-refractivity contribution in [1.29, 1.82) is 0 Å². The van der Waals surface area contributed by atoms with Crippen molar-refractivity contribution >= 4 is 34.7 Å². The Hall–Kier alpha value is -3.84. The van der Waals surface area contributed by atoms with Gasteiger partial charge in [0.25, 0.3) is 5.92 Å². The monoisotopic (exact) mass is 506 g/mol. The quantitative estimate of drug-likeness (QED) is 0.273. The molecule has 4 rings (SSSR count). The molecule has 0 radical (unpaired) electrons. The summed E-state index contributed by atoms with van der Waals surface area (Å²) in [7, 11) is 1.90. The summed E-state index contributed by atoms with van der Waals surface area (Å²) in [5.74, 6) is -2.43. The molecule has 36 heavy (non-hydrogen) atoms. The Morgan fingerprint density at radius 3 is 2.22 bits per heavy atom. The summed E-state index contributed by atoms with van der Waals surface area (Å²) in [6, 6.07) is 20.6. The number of aromatic nitrogens is 2. The van der Waals surface area contributed by atoms with Gasteiger partial charge in [0.1, 0.15) is 5.69 Å². The molecule has 1 heterocycles. The number of alkyl halides is 2. The van der Waals surface area contributed by atoms with Crippen molar-refractivity contribution in [1.82, 2.24) is 9.97 Å². The number of halogens is 3. The highest BCUT2D eigenvalue weighted by atomic mass is 35.5. The Morgan fingerprint density at radius 2 is 1.58 bits per heavy atom. The van der Waals surface area contributed by atoms with E-state index in [2.05, 4.69) is 15.3 Å². The van der Waals surface area contributed by atoms with E-state index in [1.807, 2.05) is 48.3 Å². The fraction of sp³-hybridized carbons (Fsp3) is 0.179. The minimum absolute atomic E-state index is 0.0464. The number of hydrogen-bond acceptors (Lipinski definition) is 4. The van der Waals surface area contributed by atoms with Crippen LogP contribution in [0.1, 0.15) is 24.5 Å². The number of carbonyl (C=O) groups is 1. The molecule has 3 aromatic carbocycles. The minimum atomic E-state index is -2.87. The van der Waals surface area contributed by atoms with Crippen molar-refractivity contribution in [2.45, 2.75) is 25.7 Å². The molecule has 4 aromatic rings. The van der Waals surface area contributed by atoms with E-state index >= 15 is 0 Å². The summed E-state index contributed by atoms with van der Waals surface area (Å²) in [4.78, 5) is 23.5. The molecule has 0 spiro atoms. The van der Waals surface area contributed by atoms with E-state index in [1.165, 1.54) is 19.1 Å². The van der Waals surface area contributed by atoms with Gasteiger partial charge in [-0.2, -0.15) is 0 Å². The van der Waals surface area contributed by atoms with Gasteiger partial charge in [0, 0.05) is 53.4 Å². The lowest BCUT2D eigenvalue weighted by Gasteiger charge is -2.20. The third-order valence-corrected chi connectivity index (χ3v) is 6.09. The first kappa shape index (κ1) is 25.3. The van der Waals surface area contributed by atoms with Crippen molar-refractivity contribution in [3.05, 3.63) is 101 Å². The summed E-state index contributed by atoms with van der Waals surface area (Å²) in [5, 5.41) is 3.50. The zero-order valence-electron chi connectivity index (χ0n) is 19.9. The molecule has 0 saturated carbocycles. The normalized spacial score (nSPS) is 11.2. The lowest BCUT2D eigenvalue weighted by Crippen LogP contribution is -2.15. The third-order valence-electron chi connectivity index (χ3n) is 5.84. The van der Waals surface area contributed by atoms with Crippen LogP contribution in [0.5, 0.6) is 0 Å². The molecule has 0 bridgehead atoms. The lowest BCUT2D eigenvalue weighted by molar-refractivity contribution is -0.115. The zero-order chi connectivity index (χ0) is 25.7. The molecule has 0 atom stereocenters. The number of nitrogens with zero attached hydrogens (tertiary/aromatic N) is 3. The van der Waals surface area contributed by atoms with E-state index in [0.29, 0.717) is 27.8 Å².